The molecule has 6 rings (SSSR count). The maximum Gasteiger partial charge on any atom is 0.330 e. The predicted octanol–water partition coefficient (Wildman–Crippen LogP) is 6.41. The number of rotatable bonds is 4. The van der Waals surface area contributed by atoms with Gasteiger partial charge in [-0.15, -0.1) is 0 Å². The largest absolute Gasteiger partial charge is 0.462 e. The number of hydrogen-bond acceptors (Lipinski definition) is 3. The molecule has 5 aliphatic rings. The molecule has 0 aliphatic heterocycles. The van der Waals surface area contributed by atoms with Crippen LogP contribution in [0.15, 0.2) is 36.4 Å². The molecule has 1 N–H and O–H groups in total. The summed E-state index contributed by atoms with van der Waals surface area (Å²) in [4.78, 5) is 12.8. The zero-order chi connectivity index (χ0) is 22.6. The molecule has 3 heteroatoms. The molecule has 2 bridgehead atoms. The van der Waals surface area contributed by atoms with Gasteiger partial charge in [0.1, 0.15) is 0 Å². The molecule has 1 spiro atoms. The molecule has 174 valence electrons. The number of ether oxygens (including phenoxy) is 1. The van der Waals surface area contributed by atoms with Crippen LogP contribution in [0.3, 0.4) is 0 Å². The first-order chi connectivity index (χ1) is 15.2. The van der Waals surface area contributed by atoms with Gasteiger partial charge in [0, 0.05) is 11.5 Å². The van der Waals surface area contributed by atoms with Gasteiger partial charge in [-0.2, -0.15) is 0 Å². The molecule has 5 aliphatic carbocycles. The van der Waals surface area contributed by atoms with Crippen LogP contribution in [0.2, 0.25) is 0 Å². The number of fused-ring (bicyclic) bond motifs is 3. The summed E-state index contributed by atoms with van der Waals surface area (Å²) in [6.07, 6.45) is 14.0. The average Bonchev–Trinajstić information content (AvgIpc) is 2.75. The fraction of sp³-hybridized carbons (Fsp3) is 0.690. The van der Waals surface area contributed by atoms with Gasteiger partial charge in [0.2, 0.25) is 0 Å². The number of hydrogen-bond donors (Lipinski definition) is 1. The van der Waals surface area contributed by atoms with Crippen LogP contribution < -0.4 is 0 Å². The van der Waals surface area contributed by atoms with Crippen molar-refractivity contribution < 1.29 is 14.6 Å². The average molecular weight is 437 g/mol. The van der Waals surface area contributed by atoms with Crippen molar-refractivity contribution in [1.29, 1.82) is 0 Å². The lowest BCUT2D eigenvalue weighted by Gasteiger charge is -2.70. The van der Waals surface area contributed by atoms with Gasteiger partial charge < -0.3 is 9.84 Å². The lowest BCUT2D eigenvalue weighted by molar-refractivity contribution is -0.246. The molecule has 1 aromatic carbocycles. The van der Waals surface area contributed by atoms with Gasteiger partial charge >= 0.3 is 5.97 Å². The van der Waals surface area contributed by atoms with E-state index in [2.05, 4.69) is 20.8 Å². The number of aliphatic hydroxyl groups is 1. The van der Waals surface area contributed by atoms with Crippen LogP contribution in [0.5, 0.6) is 0 Å². The highest BCUT2D eigenvalue weighted by atomic mass is 16.5. The first-order valence-corrected chi connectivity index (χ1v) is 12.8. The Labute approximate surface area is 193 Å². The Kier molecular flexibility index (Phi) is 5.36. The standard InChI is InChI=1S/C29H40O3/c1-26(2)14-7-15-29(20-32-25(30)11-10-21-8-5-4-6-9-21)23(26)13-17-28-16-12-22(18-24(28)29)27(3,31)19-28/h4-6,8-11,22-24,31H,7,12-20H2,1-3H3/t22-,23-,24-,27+,28+,29+/m1/s1. The van der Waals surface area contributed by atoms with E-state index in [4.69, 9.17) is 4.74 Å². The Morgan fingerprint density at radius 1 is 1.06 bits per heavy atom. The van der Waals surface area contributed by atoms with Gasteiger partial charge in [-0.25, -0.2) is 4.79 Å². The third kappa shape index (κ3) is 3.56. The molecule has 3 nitrogen and oxygen atoms in total. The minimum Gasteiger partial charge on any atom is -0.462 e. The van der Waals surface area contributed by atoms with E-state index < -0.39 is 5.60 Å². The van der Waals surface area contributed by atoms with Crippen molar-refractivity contribution >= 4 is 12.0 Å². The second-order valence-corrected chi connectivity index (χ2v) is 12.4. The van der Waals surface area contributed by atoms with Crippen molar-refractivity contribution in [2.45, 2.75) is 84.2 Å². The van der Waals surface area contributed by atoms with E-state index in [-0.39, 0.29) is 22.2 Å². The molecule has 0 radical (unpaired) electrons. The second-order valence-electron chi connectivity index (χ2n) is 12.4. The Morgan fingerprint density at radius 2 is 1.81 bits per heavy atom. The molecule has 0 aromatic heterocycles. The molecule has 5 fully saturated rings. The van der Waals surface area contributed by atoms with E-state index >= 15 is 0 Å². The summed E-state index contributed by atoms with van der Waals surface area (Å²) < 4.78 is 6.07. The lowest BCUT2D eigenvalue weighted by Crippen LogP contribution is -2.66. The summed E-state index contributed by atoms with van der Waals surface area (Å²) in [7, 11) is 0. The van der Waals surface area contributed by atoms with Crippen molar-refractivity contribution in [3.63, 3.8) is 0 Å². The number of carbonyl (C=O) groups is 1. The fourth-order valence-corrected chi connectivity index (χ4v) is 8.94. The third-order valence-corrected chi connectivity index (χ3v) is 10.3. The van der Waals surface area contributed by atoms with Crippen LogP contribution in [0.1, 0.15) is 84.1 Å². The van der Waals surface area contributed by atoms with E-state index in [0.717, 1.165) is 31.2 Å². The van der Waals surface area contributed by atoms with Gasteiger partial charge in [-0.05, 0) is 98.5 Å². The van der Waals surface area contributed by atoms with Crippen LogP contribution in [-0.2, 0) is 9.53 Å². The first kappa shape index (κ1) is 22.2. The van der Waals surface area contributed by atoms with Crippen LogP contribution in [0.4, 0.5) is 0 Å². The Hall–Kier alpha value is -1.61. The third-order valence-electron chi connectivity index (χ3n) is 10.3. The summed E-state index contributed by atoms with van der Waals surface area (Å²) >= 11 is 0. The Bertz CT molecular complexity index is 885. The van der Waals surface area contributed by atoms with Crippen molar-refractivity contribution in [3.8, 4) is 0 Å². The quantitative estimate of drug-likeness (QED) is 0.438. The molecular formula is C29H40O3. The van der Waals surface area contributed by atoms with Gasteiger partial charge in [0.05, 0.1) is 12.2 Å². The molecule has 5 saturated carbocycles. The minimum absolute atomic E-state index is 0.0609. The van der Waals surface area contributed by atoms with Crippen LogP contribution in [0, 0.1) is 34.0 Å². The van der Waals surface area contributed by atoms with Crippen molar-refractivity contribution in [3.05, 3.63) is 42.0 Å². The molecule has 32 heavy (non-hydrogen) atoms. The van der Waals surface area contributed by atoms with E-state index in [9.17, 15) is 9.90 Å². The van der Waals surface area contributed by atoms with Crippen LogP contribution in [0.25, 0.3) is 6.08 Å². The molecule has 0 heterocycles. The fourth-order valence-electron chi connectivity index (χ4n) is 8.94. The van der Waals surface area contributed by atoms with E-state index in [1.165, 1.54) is 32.1 Å². The zero-order valence-electron chi connectivity index (χ0n) is 20.1. The van der Waals surface area contributed by atoms with Gasteiger partial charge in [-0.1, -0.05) is 50.6 Å². The number of esters is 1. The highest BCUT2D eigenvalue weighted by Crippen LogP contribution is 2.72. The Morgan fingerprint density at radius 3 is 2.56 bits per heavy atom. The first-order valence-electron chi connectivity index (χ1n) is 12.8. The lowest BCUT2D eigenvalue weighted by atomic mass is 9.35. The maximum absolute atomic E-state index is 12.8. The zero-order valence-corrected chi connectivity index (χ0v) is 20.1. The molecule has 0 amide bonds. The van der Waals surface area contributed by atoms with Crippen molar-refractivity contribution in [2.24, 2.45) is 34.0 Å². The van der Waals surface area contributed by atoms with Gasteiger partial charge in [-0.3, -0.25) is 0 Å². The number of benzene rings is 1. The Balaban J connectivity index is 1.41. The summed E-state index contributed by atoms with van der Waals surface area (Å²) in [5.74, 6) is 1.33. The SMILES string of the molecule is CC1(C)CCC[C@]2(COC(=O)C=Cc3ccccc3)[C@@H]1CC[C@]13CC[C@H](C[C@H]12)[C@@](C)(O)C3. The van der Waals surface area contributed by atoms with Crippen molar-refractivity contribution in [1.82, 2.24) is 0 Å². The molecule has 6 atom stereocenters. The van der Waals surface area contributed by atoms with Gasteiger partial charge in [0.25, 0.3) is 0 Å². The van der Waals surface area contributed by atoms with Crippen molar-refractivity contribution in [2.75, 3.05) is 6.61 Å². The monoisotopic (exact) mass is 436 g/mol. The molecule has 0 unspecified atom stereocenters. The highest BCUT2D eigenvalue weighted by molar-refractivity contribution is 5.87. The molecule has 0 saturated heterocycles. The number of carbonyl (C=O) groups excluding carboxylic acids is 1. The normalized spacial score (nSPS) is 42.3. The van der Waals surface area contributed by atoms with E-state index in [1.807, 2.05) is 36.4 Å². The van der Waals surface area contributed by atoms with Gasteiger partial charge in [0.15, 0.2) is 0 Å². The topological polar surface area (TPSA) is 46.5 Å². The summed E-state index contributed by atoms with van der Waals surface area (Å²) in [5, 5.41) is 11.2. The summed E-state index contributed by atoms with van der Waals surface area (Å²) in [6.45, 7) is 7.50. The van der Waals surface area contributed by atoms with Crippen LogP contribution in [-0.4, -0.2) is 23.3 Å². The predicted molar refractivity (Wildman–Crippen MR) is 128 cm³/mol. The maximum atomic E-state index is 12.8. The van der Waals surface area contributed by atoms with E-state index in [0.29, 0.717) is 24.4 Å². The van der Waals surface area contributed by atoms with Crippen LogP contribution >= 0.6 is 0 Å². The second kappa shape index (κ2) is 7.72. The summed E-state index contributed by atoms with van der Waals surface area (Å²) in [6, 6.07) is 9.93. The smallest absolute Gasteiger partial charge is 0.330 e. The molecule has 1 aromatic rings. The highest BCUT2D eigenvalue weighted by Gasteiger charge is 2.67. The minimum atomic E-state index is -0.526. The van der Waals surface area contributed by atoms with E-state index in [1.54, 1.807) is 6.08 Å². The molecular weight excluding hydrogens is 396 g/mol. The summed E-state index contributed by atoms with van der Waals surface area (Å²) in [5.41, 5.74) is 1.07.